The lowest BCUT2D eigenvalue weighted by molar-refractivity contribution is -0.131. The largest absolute Gasteiger partial charge is 0.497 e. The SMILES string of the molecule is COc1ccc(-c2nc3c([nH]2)CN(C(=O)Cc2ccccc2F)CC3)cc1. The second kappa shape index (κ2) is 7.23. The summed E-state index contributed by atoms with van der Waals surface area (Å²) in [6.45, 7) is 1.05. The van der Waals surface area contributed by atoms with Gasteiger partial charge in [-0.1, -0.05) is 18.2 Å². The molecule has 27 heavy (non-hydrogen) atoms. The molecule has 0 fully saturated rings. The van der Waals surface area contributed by atoms with Crippen molar-refractivity contribution in [3.8, 4) is 17.1 Å². The number of aromatic amines is 1. The number of carbonyl (C=O) groups is 1. The molecule has 1 N–H and O–H groups in total. The van der Waals surface area contributed by atoms with Crippen LogP contribution in [0.1, 0.15) is 17.0 Å². The monoisotopic (exact) mass is 365 g/mol. The maximum absolute atomic E-state index is 13.8. The lowest BCUT2D eigenvalue weighted by Gasteiger charge is -2.26. The van der Waals surface area contributed by atoms with E-state index in [-0.39, 0.29) is 18.1 Å². The van der Waals surface area contributed by atoms with Gasteiger partial charge in [0.2, 0.25) is 5.91 Å². The number of fused-ring (bicyclic) bond motifs is 1. The van der Waals surface area contributed by atoms with E-state index >= 15 is 0 Å². The van der Waals surface area contributed by atoms with Crippen LogP contribution in [0.25, 0.3) is 11.4 Å². The summed E-state index contributed by atoms with van der Waals surface area (Å²) in [5.41, 5.74) is 3.32. The van der Waals surface area contributed by atoms with Gasteiger partial charge in [0, 0.05) is 18.5 Å². The number of hydrogen-bond donors (Lipinski definition) is 1. The molecule has 0 unspecified atom stereocenters. The summed E-state index contributed by atoms with van der Waals surface area (Å²) < 4.78 is 19.0. The molecule has 2 aromatic carbocycles. The van der Waals surface area contributed by atoms with Crippen LogP contribution in [0.15, 0.2) is 48.5 Å². The van der Waals surface area contributed by atoms with Gasteiger partial charge in [-0.3, -0.25) is 4.79 Å². The van der Waals surface area contributed by atoms with Crippen molar-refractivity contribution in [2.75, 3.05) is 13.7 Å². The Hall–Kier alpha value is -3.15. The van der Waals surface area contributed by atoms with Crippen LogP contribution in [-0.2, 0) is 24.2 Å². The van der Waals surface area contributed by atoms with Gasteiger partial charge in [0.1, 0.15) is 17.4 Å². The zero-order valence-electron chi connectivity index (χ0n) is 15.0. The number of nitrogens with zero attached hydrogens (tertiary/aromatic N) is 2. The number of halogens is 1. The Kier molecular flexibility index (Phi) is 4.62. The molecule has 1 aliphatic heterocycles. The van der Waals surface area contributed by atoms with Gasteiger partial charge in [0.15, 0.2) is 0 Å². The van der Waals surface area contributed by atoms with E-state index in [1.165, 1.54) is 6.07 Å². The zero-order valence-corrected chi connectivity index (χ0v) is 15.0. The van der Waals surface area contributed by atoms with Crippen molar-refractivity contribution in [1.29, 1.82) is 0 Å². The zero-order chi connectivity index (χ0) is 18.8. The number of carbonyl (C=O) groups excluding carboxylic acids is 1. The first kappa shape index (κ1) is 17.3. The number of aromatic nitrogens is 2. The molecule has 1 amide bonds. The first-order valence-corrected chi connectivity index (χ1v) is 8.87. The van der Waals surface area contributed by atoms with E-state index in [1.54, 1.807) is 30.2 Å². The Morgan fingerprint density at radius 2 is 2.00 bits per heavy atom. The molecule has 138 valence electrons. The number of amides is 1. The molecule has 0 spiro atoms. The van der Waals surface area contributed by atoms with Gasteiger partial charge < -0.3 is 14.6 Å². The Bertz CT molecular complexity index is 966. The summed E-state index contributed by atoms with van der Waals surface area (Å²) in [5.74, 6) is 1.16. The van der Waals surface area contributed by atoms with E-state index in [1.807, 2.05) is 24.3 Å². The molecule has 0 saturated carbocycles. The fraction of sp³-hybridized carbons (Fsp3) is 0.238. The van der Waals surface area contributed by atoms with Crippen LogP contribution in [0.4, 0.5) is 4.39 Å². The average Bonchev–Trinajstić information content (AvgIpc) is 3.13. The second-order valence-electron chi connectivity index (χ2n) is 6.57. The second-order valence-corrected chi connectivity index (χ2v) is 6.57. The van der Waals surface area contributed by atoms with E-state index in [0.717, 1.165) is 28.5 Å². The minimum absolute atomic E-state index is 0.0709. The van der Waals surface area contributed by atoms with E-state index in [9.17, 15) is 9.18 Å². The summed E-state index contributed by atoms with van der Waals surface area (Å²) >= 11 is 0. The summed E-state index contributed by atoms with van der Waals surface area (Å²) in [6, 6.07) is 14.1. The number of imidazole rings is 1. The fourth-order valence-corrected chi connectivity index (χ4v) is 3.31. The molecular weight excluding hydrogens is 345 g/mol. The predicted octanol–water partition coefficient (Wildman–Crippen LogP) is 3.35. The molecule has 6 heteroatoms. The maximum atomic E-state index is 13.8. The molecule has 0 bridgehead atoms. The highest BCUT2D eigenvalue weighted by Gasteiger charge is 2.24. The highest BCUT2D eigenvalue weighted by molar-refractivity contribution is 5.79. The van der Waals surface area contributed by atoms with E-state index in [0.29, 0.717) is 25.1 Å². The van der Waals surface area contributed by atoms with Gasteiger partial charge in [-0.05, 0) is 35.9 Å². The van der Waals surface area contributed by atoms with E-state index in [4.69, 9.17) is 4.74 Å². The lowest BCUT2D eigenvalue weighted by atomic mass is 10.1. The molecule has 0 aliphatic carbocycles. The van der Waals surface area contributed by atoms with Crippen LogP contribution in [0.3, 0.4) is 0 Å². The van der Waals surface area contributed by atoms with Crippen molar-refractivity contribution in [1.82, 2.24) is 14.9 Å². The van der Waals surface area contributed by atoms with Crippen LogP contribution >= 0.6 is 0 Å². The van der Waals surface area contributed by atoms with Crippen LogP contribution in [0.5, 0.6) is 5.75 Å². The molecule has 4 rings (SSSR count). The normalized spacial score (nSPS) is 13.3. The minimum atomic E-state index is -0.341. The van der Waals surface area contributed by atoms with Crippen molar-refractivity contribution in [2.45, 2.75) is 19.4 Å². The standard InChI is InChI=1S/C21H20FN3O2/c1-27-16-8-6-14(7-9-16)21-23-18-10-11-25(13-19(18)24-21)20(26)12-15-4-2-3-5-17(15)22/h2-9H,10-13H2,1H3,(H,23,24). The summed E-state index contributed by atoms with van der Waals surface area (Å²) in [5, 5.41) is 0. The third-order valence-electron chi connectivity index (χ3n) is 4.85. The van der Waals surface area contributed by atoms with Crippen LogP contribution in [0.2, 0.25) is 0 Å². The smallest absolute Gasteiger partial charge is 0.227 e. The minimum Gasteiger partial charge on any atom is -0.497 e. The third kappa shape index (κ3) is 3.56. The summed E-state index contributed by atoms with van der Waals surface area (Å²) in [4.78, 5) is 22.3. The van der Waals surface area contributed by atoms with Crippen LogP contribution in [-0.4, -0.2) is 34.4 Å². The molecule has 5 nitrogen and oxygen atoms in total. The highest BCUT2D eigenvalue weighted by atomic mass is 19.1. The number of H-pyrrole nitrogens is 1. The highest BCUT2D eigenvalue weighted by Crippen LogP contribution is 2.25. The van der Waals surface area contributed by atoms with Crippen LogP contribution in [0, 0.1) is 5.82 Å². The van der Waals surface area contributed by atoms with Crippen molar-refractivity contribution >= 4 is 5.91 Å². The van der Waals surface area contributed by atoms with Gasteiger partial charge in [0.25, 0.3) is 0 Å². The van der Waals surface area contributed by atoms with Gasteiger partial charge in [0.05, 0.1) is 31.5 Å². The fourth-order valence-electron chi connectivity index (χ4n) is 3.31. The number of benzene rings is 2. The Morgan fingerprint density at radius 3 is 2.74 bits per heavy atom. The summed E-state index contributed by atoms with van der Waals surface area (Å²) in [6.07, 6.45) is 0.756. The third-order valence-corrected chi connectivity index (χ3v) is 4.85. The number of ether oxygens (including phenoxy) is 1. The molecule has 2 heterocycles. The van der Waals surface area contributed by atoms with Gasteiger partial charge in [-0.25, -0.2) is 9.37 Å². The van der Waals surface area contributed by atoms with Gasteiger partial charge >= 0.3 is 0 Å². The number of rotatable bonds is 4. The van der Waals surface area contributed by atoms with Gasteiger partial charge in [-0.2, -0.15) is 0 Å². The molecule has 0 saturated heterocycles. The molecular formula is C21H20FN3O2. The number of nitrogens with one attached hydrogen (secondary N) is 1. The van der Waals surface area contributed by atoms with Gasteiger partial charge in [-0.15, -0.1) is 0 Å². The molecule has 1 aliphatic rings. The quantitative estimate of drug-likeness (QED) is 0.771. The van der Waals surface area contributed by atoms with Crippen molar-refractivity contribution in [3.63, 3.8) is 0 Å². The first-order chi connectivity index (χ1) is 13.1. The molecule has 0 atom stereocenters. The Balaban J connectivity index is 1.49. The number of hydrogen-bond acceptors (Lipinski definition) is 3. The Morgan fingerprint density at radius 1 is 1.22 bits per heavy atom. The molecule has 3 aromatic rings. The average molecular weight is 365 g/mol. The van der Waals surface area contributed by atoms with Crippen molar-refractivity contribution < 1.29 is 13.9 Å². The van der Waals surface area contributed by atoms with Crippen LogP contribution < -0.4 is 4.74 Å². The molecule has 1 aromatic heterocycles. The lowest BCUT2D eigenvalue weighted by Crippen LogP contribution is -2.37. The summed E-state index contributed by atoms with van der Waals surface area (Å²) in [7, 11) is 1.63. The predicted molar refractivity (Wildman–Crippen MR) is 99.8 cm³/mol. The first-order valence-electron chi connectivity index (χ1n) is 8.87. The number of methoxy groups -OCH3 is 1. The maximum Gasteiger partial charge on any atom is 0.227 e. The van der Waals surface area contributed by atoms with Crippen molar-refractivity contribution in [3.05, 3.63) is 71.3 Å². The topological polar surface area (TPSA) is 58.2 Å². The molecule has 0 radical (unpaired) electrons. The van der Waals surface area contributed by atoms with E-state index < -0.39 is 0 Å². The Labute approximate surface area is 156 Å². The van der Waals surface area contributed by atoms with Crippen molar-refractivity contribution in [2.24, 2.45) is 0 Å². The van der Waals surface area contributed by atoms with E-state index in [2.05, 4.69) is 9.97 Å².